The molecule has 0 radical (unpaired) electrons. The third kappa shape index (κ3) is 3.40. The van der Waals surface area contributed by atoms with Gasteiger partial charge in [-0.2, -0.15) is 0 Å². The van der Waals surface area contributed by atoms with Gasteiger partial charge >= 0.3 is 0 Å². The fraction of sp³-hybridized carbons (Fsp3) is 0.545. The molecule has 4 heteroatoms. The summed E-state index contributed by atoms with van der Waals surface area (Å²) in [5.74, 6) is 1.31. The Morgan fingerprint density at radius 2 is 2.27 bits per heavy atom. The van der Waals surface area contributed by atoms with Gasteiger partial charge in [0.15, 0.2) is 5.88 Å². The number of carbonyl (C=O) groups is 1. The second kappa shape index (κ2) is 5.56. The summed E-state index contributed by atoms with van der Waals surface area (Å²) in [7, 11) is 1.84. The van der Waals surface area contributed by atoms with Crippen LogP contribution in [0.3, 0.4) is 0 Å². The molecule has 0 bridgehead atoms. The van der Waals surface area contributed by atoms with Crippen molar-refractivity contribution in [1.82, 2.24) is 5.32 Å². The third-order valence-electron chi connectivity index (χ3n) is 2.30. The maximum Gasteiger partial charge on any atom is 0.231 e. The van der Waals surface area contributed by atoms with Crippen LogP contribution in [0.5, 0.6) is 0 Å². The van der Waals surface area contributed by atoms with Crippen LogP contribution in [0.1, 0.15) is 19.1 Å². The first kappa shape index (κ1) is 11.8. The summed E-state index contributed by atoms with van der Waals surface area (Å²) in [6.45, 7) is 4.53. The van der Waals surface area contributed by atoms with Crippen molar-refractivity contribution in [3.63, 3.8) is 0 Å². The highest BCUT2D eigenvalue weighted by molar-refractivity contribution is 5.91. The number of carbonyl (C=O) groups excluding carboxylic acids is 1. The fourth-order valence-electron chi connectivity index (χ4n) is 1.39. The lowest BCUT2D eigenvalue weighted by atomic mass is 10.1. The normalized spacial score (nSPS) is 12.5. The van der Waals surface area contributed by atoms with E-state index >= 15 is 0 Å². The van der Waals surface area contributed by atoms with Gasteiger partial charge in [-0.05, 0) is 26.5 Å². The van der Waals surface area contributed by atoms with Crippen LogP contribution in [0.15, 0.2) is 16.5 Å². The summed E-state index contributed by atoms with van der Waals surface area (Å²) in [6.07, 6.45) is 0.812. The van der Waals surface area contributed by atoms with E-state index in [2.05, 4.69) is 10.6 Å². The molecule has 84 valence electrons. The molecule has 1 unspecified atom stereocenters. The fourth-order valence-corrected chi connectivity index (χ4v) is 1.39. The zero-order valence-corrected chi connectivity index (χ0v) is 9.46. The number of rotatable bonds is 5. The quantitative estimate of drug-likeness (QED) is 0.778. The highest BCUT2D eigenvalue weighted by Crippen LogP contribution is 2.13. The summed E-state index contributed by atoms with van der Waals surface area (Å²) in [6, 6.07) is 3.59. The number of anilines is 1. The van der Waals surface area contributed by atoms with Crippen LogP contribution in [0.2, 0.25) is 0 Å². The smallest absolute Gasteiger partial charge is 0.231 e. The number of hydrogen-bond acceptors (Lipinski definition) is 3. The van der Waals surface area contributed by atoms with E-state index < -0.39 is 0 Å². The van der Waals surface area contributed by atoms with Gasteiger partial charge < -0.3 is 9.73 Å². The van der Waals surface area contributed by atoms with Crippen molar-refractivity contribution in [2.24, 2.45) is 5.92 Å². The van der Waals surface area contributed by atoms with Gasteiger partial charge in [-0.1, -0.05) is 6.92 Å². The average molecular weight is 210 g/mol. The van der Waals surface area contributed by atoms with Crippen molar-refractivity contribution in [2.45, 2.75) is 20.3 Å². The first-order valence-corrected chi connectivity index (χ1v) is 5.19. The zero-order chi connectivity index (χ0) is 11.3. The molecule has 15 heavy (non-hydrogen) atoms. The van der Waals surface area contributed by atoms with Gasteiger partial charge in [-0.15, -0.1) is 0 Å². The van der Waals surface area contributed by atoms with Crippen LogP contribution < -0.4 is 10.6 Å². The van der Waals surface area contributed by atoms with Crippen LogP contribution in [-0.4, -0.2) is 19.5 Å². The average Bonchev–Trinajstić information content (AvgIpc) is 2.60. The Kier molecular flexibility index (Phi) is 4.37. The van der Waals surface area contributed by atoms with Gasteiger partial charge in [0.2, 0.25) is 5.91 Å². The van der Waals surface area contributed by atoms with Crippen LogP contribution in [0.4, 0.5) is 5.88 Å². The zero-order valence-electron chi connectivity index (χ0n) is 9.46. The molecule has 0 aromatic carbocycles. The van der Waals surface area contributed by atoms with Gasteiger partial charge in [0.05, 0.1) is 5.92 Å². The van der Waals surface area contributed by atoms with E-state index in [-0.39, 0.29) is 11.8 Å². The van der Waals surface area contributed by atoms with Gasteiger partial charge in [-0.3, -0.25) is 10.1 Å². The summed E-state index contributed by atoms with van der Waals surface area (Å²) in [4.78, 5) is 11.7. The molecule has 0 aliphatic rings. The van der Waals surface area contributed by atoms with Gasteiger partial charge in [0.1, 0.15) is 5.76 Å². The number of aryl methyl sites for hydroxylation is 1. The monoisotopic (exact) mass is 210 g/mol. The molecule has 2 N–H and O–H groups in total. The number of nitrogens with one attached hydrogen (secondary N) is 2. The second-order valence-electron chi connectivity index (χ2n) is 3.56. The molecule has 1 heterocycles. The molecule has 0 aliphatic carbocycles. The van der Waals surface area contributed by atoms with Crippen molar-refractivity contribution < 1.29 is 9.21 Å². The molecule has 1 aromatic heterocycles. The lowest BCUT2D eigenvalue weighted by Gasteiger charge is -2.12. The molecule has 0 spiro atoms. The van der Waals surface area contributed by atoms with Crippen LogP contribution >= 0.6 is 0 Å². The molecular weight excluding hydrogens is 192 g/mol. The Morgan fingerprint density at radius 3 is 2.73 bits per heavy atom. The van der Waals surface area contributed by atoms with E-state index in [4.69, 9.17) is 4.42 Å². The molecule has 4 nitrogen and oxygen atoms in total. The topological polar surface area (TPSA) is 54.3 Å². The molecule has 0 fully saturated rings. The Labute approximate surface area is 90.0 Å². The van der Waals surface area contributed by atoms with Crippen molar-refractivity contribution in [1.29, 1.82) is 0 Å². The molecule has 1 rings (SSSR count). The molecule has 1 aromatic rings. The van der Waals surface area contributed by atoms with Crippen LogP contribution in [0.25, 0.3) is 0 Å². The summed E-state index contributed by atoms with van der Waals surface area (Å²) >= 11 is 0. The minimum Gasteiger partial charge on any atom is -0.446 e. The minimum absolute atomic E-state index is 0.00111. The molecular formula is C11H18N2O2. The van der Waals surface area contributed by atoms with Crippen molar-refractivity contribution in [3.05, 3.63) is 17.9 Å². The molecule has 0 saturated heterocycles. The Balaban J connectivity index is 2.53. The maximum atomic E-state index is 11.7. The number of furan rings is 1. The summed E-state index contributed by atoms with van der Waals surface area (Å²) in [5, 5.41) is 5.75. The van der Waals surface area contributed by atoms with E-state index in [1.54, 1.807) is 6.07 Å². The van der Waals surface area contributed by atoms with Crippen LogP contribution in [0, 0.1) is 12.8 Å². The lowest BCUT2D eigenvalue weighted by Crippen LogP contribution is -2.30. The molecule has 1 atom stereocenters. The van der Waals surface area contributed by atoms with Crippen molar-refractivity contribution in [2.75, 3.05) is 18.9 Å². The van der Waals surface area contributed by atoms with E-state index in [1.165, 1.54) is 0 Å². The lowest BCUT2D eigenvalue weighted by molar-refractivity contribution is -0.119. The maximum absolute atomic E-state index is 11.7. The molecule has 1 amide bonds. The molecule has 0 saturated carbocycles. The highest BCUT2D eigenvalue weighted by atomic mass is 16.4. The van der Waals surface area contributed by atoms with Gasteiger partial charge in [0.25, 0.3) is 0 Å². The molecule has 0 aliphatic heterocycles. The Hall–Kier alpha value is -1.29. The third-order valence-corrected chi connectivity index (χ3v) is 2.30. The predicted molar refractivity (Wildman–Crippen MR) is 59.8 cm³/mol. The summed E-state index contributed by atoms with van der Waals surface area (Å²) < 4.78 is 5.27. The second-order valence-corrected chi connectivity index (χ2v) is 3.56. The van der Waals surface area contributed by atoms with Crippen molar-refractivity contribution in [3.8, 4) is 0 Å². The highest BCUT2D eigenvalue weighted by Gasteiger charge is 2.16. The van der Waals surface area contributed by atoms with E-state index in [0.29, 0.717) is 12.4 Å². The van der Waals surface area contributed by atoms with E-state index in [0.717, 1.165) is 12.2 Å². The Morgan fingerprint density at radius 1 is 1.53 bits per heavy atom. The van der Waals surface area contributed by atoms with Crippen LogP contribution in [-0.2, 0) is 4.79 Å². The first-order valence-electron chi connectivity index (χ1n) is 5.19. The largest absolute Gasteiger partial charge is 0.446 e. The number of amides is 1. The number of hydrogen-bond donors (Lipinski definition) is 2. The first-order chi connectivity index (χ1) is 7.17. The predicted octanol–water partition coefficient (Wildman–Crippen LogP) is 1.77. The van der Waals surface area contributed by atoms with Gasteiger partial charge in [0, 0.05) is 12.6 Å². The van der Waals surface area contributed by atoms with Crippen molar-refractivity contribution >= 4 is 11.8 Å². The summed E-state index contributed by atoms with van der Waals surface area (Å²) in [5.41, 5.74) is 0. The standard InChI is InChI=1S/C11H18N2O2/c1-4-9(7-12-3)11(14)13-10-6-5-8(2)15-10/h5-6,9,12H,4,7H2,1-3H3,(H,13,14). The minimum atomic E-state index is -0.0135. The SMILES string of the molecule is CCC(CNC)C(=O)Nc1ccc(C)o1. The van der Waals surface area contributed by atoms with Gasteiger partial charge in [-0.25, -0.2) is 0 Å². The Bertz CT molecular complexity index is 320. The van der Waals surface area contributed by atoms with E-state index in [9.17, 15) is 4.79 Å². The van der Waals surface area contributed by atoms with E-state index in [1.807, 2.05) is 27.0 Å².